The molecule has 0 radical (unpaired) electrons. The van der Waals surface area contributed by atoms with Gasteiger partial charge in [-0.15, -0.1) is 0 Å². The topological polar surface area (TPSA) is 65.5 Å². The van der Waals surface area contributed by atoms with Gasteiger partial charge in [0.05, 0.1) is 0 Å². The van der Waals surface area contributed by atoms with Crippen molar-refractivity contribution in [1.29, 1.82) is 0 Å². The van der Waals surface area contributed by atoms with Crippen LogP contribution < -0.4 is 5.32 Å². The molecule has 0 atom stereocenters. The third kappa shape index (κ3) is 3.60. The first-order valence-electron chi connectivity index (χ1n) is 7.43. The van der Waals surface area contributed by atoms with Gasteiger partial charge >= 0.3 is 0 Å². The summed E-state index contributed by atoms with van der Waals surface area (Å²) < 4.78 is 26.5. The van der Waals surface area contributed by atoms with E-state index in [1.807, 2.05) is 13.1 Å². The summed E-state index contributed by atoms with van der Waals surface area (Å²) in [5.74, 6) is 0. The van der Waals surface area contributed by atoms with Crippen molar-refractivity contribution in [2.45, 2.75) is 30.5 Å². The predicted molar refractivity (Wildman–Crippen MR) is 80.4 cm³/mol. The van der Waals surface area contributed by atoms with Gasteiger partial charge in [0, 0.05) is 45.0 Å². The highest BCUT2D eigenvalue weighted by Crippen LogP contribution is 2.20. The molecule has 1 N–H and O–H groups in total. The van der Waals surface area contributed by atoms with Gasteiger partial charge in [-0.2, -0.15) is 4.31 Å². The minimum absolute atomic E-state index is 0.155. The Hall–Kier alpha value is -1.02. The molecular formula is C14H22N4O2S. The van der Waals surface area contributed by atoms with Gasteiger partial charge in [0.25, 0.3) is 10.0 Å². The van der Waals surface area contributed by atoms with E-state index in [-0.39, 0.29) is 5.03 Å². The normalized spacial score (nSPS) is 21.6. The highest BCUT2D eigenvalue weighted by molar-refractivity contribution is 7.89. The van der Waals surface area contributed by atoms with Gasteiger partial charge in [-0.1, -0.05) is 6.07 Å². The number of piperazine rings is 1. The number of pyridine rings is 1. The Balaban J connectivity index is 1.66. The maximum Gasteiger partial charge on any atom is 0.260 e. The third-order valence-electron chi connectivity index (χ3n) is 4.04. The first-order valence-corrected chi connectivity index (χ1v) is 8.87. The van der Waals surface area contributed by atoms with Crippen molar-refractivity contribution in [1.82, 2.24) is 19.5 Å². The molecule has 0 aromatic carbocycles. The van der Waals surface area contributed by atoms with E-state index in [4.69, 9.17) is 0 Å². The fourth-order valence-electron chi connectivity index (χ4n) is 2.38. The summed E-state index contributed by atoms with van der Waals surface area (Å²) >= 11 is 0. The third-order valence-corrected chi connectivity index (χ3v) is 5.85. The summed E-state index contributed by atoms with van der Waals surface area (Å²) in [6, 6.07) is 4.11. The van der Waals surface area contributed by atoms with E-state index in [2.05, 4.69) is 15.2 Å². The summed E-state index contributed by atoms with van der Waals surface area (Å²) in [6.45, 7) is 3.36. The van der Waals surface area contributed by atoms with E-state index >= 15 is 0 Å². The molecule has 0 unspecified atom stereocenters. The standard InChI is InChI=1S/C14H22N4O2S/c1-17-6-8-18(9-7-17)21(19,20)14-5-2-12(11-16-14)10-15-13-3-4-13/h2,5,11,13,15H,3-4,6-10H2,1H3. The van der Waals surface area contributed by atoms with Gasteiger partial charge in [0.15, 0.2) is 5.03 Å². The second-order valence-electron chi connectivity index (χ2n) is 5.87. The van der Waals surface area contributed by atoms with Crippen LogP contribution in [0.4, 0.5) is 0 Å². The van der Waals surface area contributed by atoms with Crippen LogP contribution in [-0.2, 0) is 16.6 Å². The number of aromatic nitrogens is 1. The van der Waals surface area contributed by atoms with Crippen LogP contribution in [0.3, 0.4) is 0 Å². The van der Waals surface area contributed by atoms with Gasteiger partial charge in [-0.3, -0.25) is 0 Å². The van der Waals surface area contributed by atoms with Gasteiger partial charge < -0.3 is 10.2 Å². The van der Waals surface area contributed by atoms with Gasteiger partial charge in [-0.05, 0) is 31.5 Å². The zero-order valence-corrected chi connectivity index (χ0v) is 13.1. The largest absolute Gasteiger partial charge is 0.310 e. The number of hydrogen-bond acceptors (Lipinski definition) is 5. The van der Waals surface area contributed by atoms with Crippen molar-refractivity contribution in [3.63, 3.8) is 0 Å². The van der Waals surface area contributed by atoms with Crippen molar-refractivity contribution < 1.29 is 8.42 Å². The van der Waals surface area contributed by atoms with E-state index in [1.54, 1.807) is 12.3 Å². The number of sulfonamides is 1. The van der Waals surface area contributed by atoms with Crippen LogP contribution in [0.15, 0.2) is 23.4 Å². The molecule has 2 fully saturated rings. The smallest absolute Gasteiger partial charge is 0.260 e. The zero-order valence-electron chi connectivity index (χ0n) is 12.3. The summed E-state index contributed by atoms with van der Waals surface area (Å²) in [5.41, 5.74) is 1.03. The van der Waals surface area contributed by atoms with Crippen LogP contribution in [0.25, 0.3) is 0 Å². The quantitative estimate of drug-likeness (QED) is 0.846. The number of nitrogens with one attached hydrogen (secondary N) is 1. The minimum Gasteiger partial charge on any atom is -0.310 e. The van der Waals surface area contributed by atoms with E-state index in [0.29, 0.717) is 19.1 Å². The lowest BCUT2D eigenvalue weighted by Crippen LogP contribution is -2.47. The second kappa shape index (κ2) is 6.00. The monoisotopic (exact) mass is 310 g/mol. The molecule has 6 nitrogen and oxygen atoms in total. The van der Waals surface area contributed by atoms with Crippen LogP contribution in [-0.4, -0.2) is 61.9 Å². The van der Waals surface area contributed by atoms with Crippen LogP contribution in [0, 0.1) is 0 Å². The highest BCUT2D eigenvalue weighted by atomic mass is 32.2. The summed E-state index contributed by atoms with van der Waals surface area (Å²) in [5, 5.41) is 3.55. The maximum absolute atomic E-state index is 12.5. The molecule has 1 aliphatic heterocycles. The number of rotatable bonds is 5. The molecular weight excluding hydrogens is 288 g/mol. The molecule has 3 rings (SSSR count). The highest BCUT2D eigenvalue weighted by Gasteiger charge is 2.28. The number of hydrogen-bond donors (Lipinski definition) is 1. The van der Waals surface area contributed by atoms with Crippen molar-refractivity contribution in [3.8, 4) is 0 Å². The van der Waals surface area contributed by atoms with Gasteiger partial charge in [0.1, 0.15) is 0 Å². The van der Waals surface area contributed by atoms with E-state index in [1.165, 1.54) is 17.1 Å². The van der Waals surface area contributed by atoms with E-state index < -0.39 is 10.0 Å². The second-order valence-corrected chi connectivity index (χ2v) is 7.75. The van der Waals surface area contributed by atoms with E-state index in [0.717, 1.165) is 25.2 Å². The SMILES string of the molecule is CN1CCN(S(=O)(=O)c2ccc(CNC3CC3)cn2)CC1. The Morgan fingerprint density at radius 1 is 1.24 bits per heavy atom. The van der Waals surface area contributed by atoms with Crippen molar-refractivity contribution in [2.75, 3.05) is 33.2 Å². The Morgan fingerprint density at radius 2 is 1.95 bits per heavy atom. The maximum atomic E-state index is 12.5. The lowest BCUT2D eigenvalue weighted by atomic mass is 10.3. The van der Waals surface area contributed by atoms with E-state index in [9.17, 15) is 8.42 Å². The van der Waals surface area contributed by atoms with Gasteiger partial charge in [-0.25, -0.2) is 13.4 Å². The fourth-order valence-corrected chi connectivity index (χ4v) is 3.71. The molecule has 0 spiro atoms. The van der Waals surface area contributed by atoms with Crippen LogP contribution in [0.2, 0.25) is 0 Å². The minimum atomic E-state index is -3.45. The molecule has 1 aromatic heterocycles. The van der Waals surface area contributed by atoms with Gasteiger partial charge in [0.2, 0.25) is 0 Å². The van der Waals surface area contributed by atoms with Crippen LogP contribution >= 0.6 is 0 Å². The Bertz CT molecular complexity index is 575. The Kier molecular flexibility index (Phi) is 4.26. The Labute approximate surface area is 126 Å². The molecule has 21 heavy (non-hydrogen) atoms. The zero-order chi connectivity index (χ0) is 14.9. The average molecular weight is 310 g/mol. The first kappa shape index (κ1) is 14.9. The Morgan fingerprint density at radius 3 is 2.52 bits per heavy atom. The molecule has 1 aliphatic carbocycles. The molecule has 2 heterocycles. The molecule has 1 saturated carbocycles. The number of nitrogens with zero attached hydrogens (tertiary/aromatic N) is 3. The number of likely N-dealkylation sites (N-methyl/N-ethyl adjacent to an activating group) is 1. The molecule has 0 bridgehead atoms. The molecule has 1 aromatic rings. The van der Waals surface area contributed by atoms with Crippen LogP contribution in [0.1, 0.15) is 18.4 Å². The van der Waals surface area contributed by atoms with Crippen molar-refractivity contribution in [2.24, 2.45) is 0 Å². The first-order chi connectivity index (χ1) is 10.1. The molecule has 2 aliphatic rings. The average Bonchev–Trinajstić information content (AvgIpc) is 3.30. The summed E-state index contributed by atoms with van der Waals surface area (Å²) in [6.07, 6.45) is 4.14. The van der Waals surface area contributed by atoms with Crippen LogP contribution in [0.5, 0.6) is 0 Å². The molecule has 0 amide bonds. The van der Waals surface area contributed by atoms with Crippen molar-refractivity contribution >= 4 is 10.0 Å². The summed E-state index contributed by atoms with van der Waals surface area (Å²) in [4.78, 5) is 6.29. The lowest BCUT2D eigenvalue weighted by molar-refractivity contribution is 0.222. The lowest BCUT2D eigenvalue weighted by Gasteiger charge is -2.31. The molecule has 1 saturated heterocycles. The molecule has 7 heteroatoms. The summed E-state index contributed by atoms with van der Waals surface area (Å²) in [7, 11) is -1.44. The fraction of sp³-hybridized carbons (Fsp3) is 0.643. The van der Waals surface area contributed by atoms with Crippen molar-refractivity contribution in [3.05, 3.63) is 23.9 Å². The molecule has 116 valence electrons. The predicted octanol–water partition coefficient (Wildman–Crippen LogP) is 0.270.